The molecule has 0 aliphatic carbocycles. The first kappa shape index (κ1) is 13.3. The molecule has 4 nitrogen and oxygen atoms in total. The lowest BCUT2D eigenvalue weighted by Gasteiger charge is -2.19. The van der Waals surface area contributed by atoms with Crippen LogP contribution in [0.4, 0.5) is 5.82 Å². The first-order chi connectivity index (χ1) is 8.65. The lowest BCUT2D eigenvalue weighted by atomic mass is 9.98. The Morgan fingerprint density at radius 2 is 1.89 bits per heavy atom. The number of benzene rings is 1. The molecular weight excluding hydrogens is 296 g/mol. The van der Waals surface area contributed by atoms with Crippen molar-refractivity contribution in [2.24, 2.45) is 0 Å². The second-order valence-electron chi connectivity index (χ2n) is 4.13. The van der Waals surface area contributed by atoms with Crippen molar-refractivity contribution in [3.05, 3.63) is 36.0 Å². The van der Waals surface area contributed by atoms with E-state index in [-0.39, 0.29) is 0 Å². The molecule has 0 fully saturated rings. The molecule has 1 aromatic carbocycles. The molecule has 4 N–H and O–H groups in total. The number of halogens is 1. The second kappa shape index (κ2) is 5.65. The highest BCUT2D eigenvalue weighted by molar-refractivity contribution is 9.09. The molecule has 0 radical (unpaired) electrons. The van der Waals surface area contributed by atoms with Gasteiger partial charge in [0.25, 0.3) is 0 Å². The molecule has 2 unspecified atom stereocenters. The third-order valence-corrected chi connectivity index (χ3v) is 3.40. The molecule has 5 heteroatoms. The summed E-state index contributed by atoms with van der Waals surface area (Å²) in [5.41, 5.74) is 6.40. The van der Waals surface area contributed by atoms with Crippen LogP contribution in [0.1, 0.15) is 18.1 Å². The molecule has 0 aliphatic heterocycles. The Hall–Kier alpha value is -1.17. The third-order valence-electron chi connectivity index (χ3n) is 2.94. The number of pyridine rings is 1. The number of rotatable bonds is 4. The van der Waals surface area contributed by atoms with Crippen LogP contribution in [0.2, 0.25) is 0 Å². The van der Waals surface area contributed by atoms with Crippen LogP contribution in [-0.4, -0.2) is 26.6 Å². The summed E-state index contributed by atoms with van der Waals surface area (Å²) in [6, 6.07) is 7.46. The molecule has 2 rings (SSSR count). The number of nitrogen functional groups attached to an aromatic ring is 1. The number of anilines is 1. The van der Waals surface area contributed by atoms with Gasteiger partial charge < -0.3 is 15.9 Å². The van der Waals surface area contributed by atoms with Crippen LogP contribution in [-0.2, 0) is 0 Å². The molecule has 0 bridgehead atoms. The molecular formula is C13H15BrN2O2. The summed E-state index contributed by atoms with van der Waals surface area (Å²) in [4.78, 5) is 4.07. The van der Waals surface area contributed by atoms with Crippen molar-refractivity contribution in [2.45, 2.75) is 18.6 Å². The van der Waals surface area contributed by atoms with Gasteiger partial charge in [-0.3, -0.25) is 0 Å². The smallest absolute Gasteiger partial charge is 0.131 e. The van der Waals surface area contributed by atoms with Crippen LogP contribution < -0.4 is 5.73 Å². The lowest BCUT2D eigenvalue weighted by molar-refractivity contribution is 0.0180. The maximum atomic E-state index is 10.2. The fourth-order valence-corrected chi connectivity index (χ4v) is 2.42. The summed E-state index contributed by atoms with van der Waals surface area (Å²) >= 11 is 3.25. The molecule has 0 saturated heterocycles. The first-order valence-electron chi connectivity index (χ1n) is 5.70. The predicted molar refractivity (Wildman–Crippen MR) is 75.5 cm³/mol. The molecule has 1 aromatic heterocycles. The monoisotopic (exact) mass is 310 g/mol. The molecule has 96 valence electrons. The standard InChI is InChI=1S/C13H15BrN2O2/c14-6-5-11(17)12(18)10-7-16-13(15)9-4-2-1-3-8(9)10/h1-4,7,11-12,17-18H,5-6H2,(H2,15,16). The summed E-state index contributed by atoms with van der Waals surface area (Å²) in [5.74, 6) is 0.427. The van der Waals surface area contributed by atoms with Gasteiger partial charge in [0.1, 0.15) is 11.9 Å². The van der Waals surface area contributed by atoms with Gasteiger partial charge in [0.05, 0.1) is 6.10 Å². The fraction of sp³-hybridized carbons (Fsp3) is 0.308. The molecule has 0 spiro atoms. The summed E-state index contributed by atoms with van der Waals surface area (Å²) in [6.07, 6.45) is 0.221. The topological polar surface area (TPSA) is 79.4 Å². The highest BCUT2D eigenvalue weighted by atomic mass is 79.9. The van der Waals surface area contributed by atoms with Gasteiger partial charge in [0, 0.05) is 22.5 Å². The highest BCUT2D eigenvalue weighted by Gasteiger charge is 2.20. The van der Waals surface area contributed by atoms with Gasteiger partial charge in [-0.25, -0.2) is 4.98 Å². The molecule has 2 aromatic rings. The first-order valence-corrected chi connectivity index (χ1v) is 6.82. The Morgan fingerprint density at radius 3 is 2.56 bits per heavy atom. The summed E-state index contributed by atoms with van der Waals surface area (Å²) < 4.78 is 0. The number of aliphatic hydroxyl groups is 2. The quantitative estimate of drug-likeness (QED) is 0.755. The minimum absolute atomic E-state index is 0.427. The zero-order valence-corrected chi connectivity index (χ0v) is 11.3. The van der Waals surface area contributed by atoms with E-state index in [0.29, 0.717) is 23.1 Å². The van der Waals surface area contributed by atoms with Crippen LogP contribution in [0.3, 0.4) is 0 Å². The van der Waals surface area contributed by atoms with E-state index < -0.39 is 12.2 Å². The predicted octanol–water partition coefficient (Wildman–Crippen LogP) is 2.00. The minimum atomic E-state index is -0.958. The van der Waals surface area contributed by atoms with Gasteiger partial charge in [0.2, 0.25) is 0 Å². The number of aliphatic hydroxyl groups excluding tert-OH is 2. The zero-order valence-electron chi connectivity index (χ0n) is 9.75. The van der Waals surface area contributed by atoms with E-state index in [4.69, 9.17) is 5.73 Å². The van der Waals surface area contributed by atoms with Crippen molar-refractivity contribution < 1.29 is 10.2 Å². The van der Waals surface area contributed by atoms with Crippen molar-refractivity contribution in [1.82, 2.24) is 4.98 Å². The number of hydrogen-bond donors (Lipinski definition) is 3. The molecule has 18 heavy (non-hydrogen) atoms. The van der Waals surface area contributed by atoms with Crippen LogP contribution in [0.5, 0.6) is 0 Å². The van der Waals surface area contributed by atoms with E-state index in [9.17, 15) is 10.2 Å². The van der Waals surface area contributed by atoms with Crippen molar-refractivity contribution in [3.8, 4) is 0 Å². The van der Waals surface area contributed by atoms with E-state index in [0.717, 1.165) is 10.8 Å². The van der Waals surface area contributed by atoms with Crippen molar-refractivity contribution >= 4 is 32.5 Å². The van der Waals surface area contributed by atoms with Gasteiger partial charge in [-0.1, -0.05) is 40.2 Å². The van der Waals surface area contributed by atoms with Crippen molar-refractivity contribution in [2.75, 3.05) is 11.1 Å². The summed E-state index contributed by atoms with van der Waals surface area (Å²) in [6.45, 7) is 0. The Labute approximate surface area is 114 Å². The van der Waals surface area contributed by atoms with Crippen LogP contribution >= 0.6 is 15.9 Å². The lowest BCUT2D eigenvalue weighted by Crippen LogP contribution is -2.19. The molecule has 2 atom stereocenters. The van der Waals surface area contributed by atoms with E-state index in [1.165, 1.54) is 6.20 Å². The normalized spacial score (nSPS) is 14.6. The fourth-order valence-electron chi connectivity index (χ4n) is 1.95. The molecule has 0 amide bonds. The minimum Gasteiger partial charge on any atom is -0.390 e. The Bertz CT molecular complexity index is 548. The van der Waals surface area contributed by atoms with Crippen LogP contribution in [0.25, 0.3) is 10.8 Å². The zero-order chi connectivity index (χ0) is 13.1. The molecule has 1 heterocycles. The van der Waals surface area contributed by atoms with Crippen LogP contribution in [0, 0.1) is 0 Å². The summed E-state index contributed by atoms with van der Waals surface area (Å²) in [5, 5.41) is 22.3. The Kier molecular flexibility index (Phi) is 4.16. The van der Waals surface area contributed by atoms with Crippen molar-refractivity contribution in [1.29, 1.82) is 0 Å². The van der Waals surface area contributed by atoms with Gasteiger partial charge in [-0.15, -0.1) is 0 Å². The number of hydrogen-bond acceptors (Lipinski definition) is 4. The maximum Gasteiger partial charge on any atom is 0.131 e. The number of alkyl halides is 1. The molecule has 0 aliphatic rings. The Morgan fingerprint density at radius 1 is 1.22 bits per heavy atom. The van der Waals surface area contributed by atoms with E-state index in [2.05, 4.69) is 20.9 Å². The van der Waals surface area contributed by atoms with E-state index in [1.807, 2.05) is 24.3 Å². The number of aromatic nitrogens is 1. The van der Waals surface area contributed by atoms with Crippen LogP contribution in [0.15, 0.2) is 30.5 Å². The average molecular weight is 311 g/mol. The van der Waals surface area contributed by atoms with E-state index in [1.54, 1.807) is 0 Å². The maximum absolute atomic E-state index is 10.2. The number of nitrogens with zero attached hydrogens (tertiary/aromatic N) is 1. The van der Waals surface area contributed by atoms with E-state index >= 15 is 0 Å². The van der Waals surface area contributed by atoms with Gasteiger partial charge in [0.15, 0.2) is 0 Å². The van der Waals surface area contributed by atoms with Gasteiger partial charge in [-0.05, 0) is 11.8 Å². The number of nitrogens with two attached hydrogens (primary N) is 1. The highest BCUT2D eigenvalue weighted by Crippen LogP contribution is 2.29. The average Bonchev–Trinajstić information content (AvgIpc) is 2.39. The van der Waals surface area contributed by atoms with Gasteiger partial charge >= 0.3 is 0 Å². The Balaban J connectivity index is 2.48. The second-order valence-corrected chi connectivity index (χ2v) is 4.93. The molecule has 0 saturated carbocycles. The summed E-state index contributed by atoms with van der Waals surface area (Å²) in [7, 11) is 0. The SMILES string of the molecule is Nc1ncc(C(O)C(O)CCBr)c2ccccc12. The number of fused-ring (bicyclic) bond motifs is 1. The largest absolute Gasteiger partial charge is 0.390 e. The van der Waals surface area contributed by atoms with Gasteiger partial charge in [-0.2, -0.15) is 0 Å². The third kappa shape index (κ3) is 2.48. The van der Waals surface area contributed by atoms with Crippen molar-refractivity contribution in [3.63, 3.8) is 0 Å².